The highest BCUT2D eigenvalue weighted by Crippen LogP contribution is 2.30. The van der Waals surface area contributed by atoms with Gasteiger partial charge in [0, 0.05) is 43.7 Å². The Balaban J connectivity index is 0.00000441. The summed E-state index contributed by atoms with van der Waals surface area (Å²) in [7, 11) is -3.79. The molecule has 0 spiro atoms. The lowest BCUT2D eigenvalue weighted by molar-refractivity contribution is -0.136. The number of likely N-dealkylation sites (N-methyl/N-ethyl adjacent to an activating group) is 1. The third kappa shape index (κ3) is 7.19. The van der Waals surface area contributed by atoms with Gasteiger partial charge in [0.15, 0.2) is 5.01 Å². The number of amides is 3. The topological polar surface area (TPSA) is 154 Å². The van der Waals surface area contributed by atoms with Gasteiger partial charge in [0.05, 0.1) is 22.8 Å². The van der Waals surface area contributed by atoms with Crippen LogP contribution >= 0.6 is 35.3 Å². The van der Waals surface area contributed by atoms with E-state index in [1.165, 1.54) is 18.3 Å². The first-order valence-corrected chi connectivity index (χ1v) is 14.2. The molecule has 2 aromatic heterocycles. The van der Waals surface area contributed by atoms with E-state index >= 15 is 0 Å². The molecular weight excluding hydrogens is 622 g/mol. The lowest BCUT2D eigenvalue weighted by Gasteiger charge is -2.38. The Morgan fingerprint density at radius 2 is 1.85 bits per heavy atom. The number of halogens is 5. The first-order valence-electron chi connectivity index (χ1n) is 11.5. The highest BCUT2D eigenvalue weighted by atomic mass is 35.5. The van der Waals surface area contributed by atoms with Gasteiger partial charge >= 0.3 is 27.3 Å². The number of hydrogen-bond donors (Lipinski definition) is 3. The lowest BCUT2D eigenvalue weighted by atomic mass is 10.0. The van der Waals surface area contributed by atoms with Crippen LogP contribution < -0.4 is 16.0 Å². The molecule has 2 aromatic rings. The summed E-state index contributed by atoms with van der Waals surface area (Å²) in [5, 5.41) is 7.49. The van der Waals surface area contributed by atoms with Crippen molar-refractivity contribution in [3.05, 3.63) is 38.9 Å². The molecule has 3 amide bonds. The molecule has 19 heteroatoms. The Bertz CT molecular complexity index is 1380. The Labute approximate surface area is 242 Å². The molecule has 12 nitrogen and oxygen atoms in total. The summed E-state index contributed by atoms with van der Waals surface area (Å²) < 4.78 is 63.9. The molecule has 2 atom stereocenters. The van der Waals surface area contributed by atoms with Crippen LogP contribution in [0.2, 0.25) is 5.02 Å². The van der Waals surface area contributed by atoms with Gasteiger partial charge < -0.3 is 20.9 Å². The minimum absolute atomic E-state index is 0. The van der Waals surface area contributed by atoms with Gasteiger partial charge in [0.2, 0.25) is 0 Å². The fourth-order valence-corrected chi connectivity index (χ4v) is 6.31. The van der Waals surface area contributed by atoms with Gasteiger partial charge in [-0.1, -0.05) is 11.6 Å². The molecule has 0 aliphatic carbocycles. The normalized spacial score (nSPS) is 20.1. The summed E-state index contributed by atoms with van der Waals surface area (Å²) in [6.45, 7) is -0.0614. The second kappa shape index (κ2) is 12.5. The molecule has 1 saturated heterocycles. The van der Waals surface area contributed by atoms with Crippen LogP contribution in [0, 0.1) is 0 Å². The smallest absolute Gasteiger partial charge is 0.344 e. The van der Waals surface area contributed by atoms with Crippen LogP contribution in [0.3, 0.4) is 0 Å². The summed E-state index contributed by atoms with van der Waals surface area (Å²) in [6.07, 6.45) is 1.55. The molecule has 2 aliphatic heterocycles. The molecule has 4 heterocycles. The quantitative estimate of drug-likeness (QED) is 0.412. The van der Waals surface area contributed by atoms with E-state index < -0.39 is 58.4 Å². The number of carbonyl (C=O) groups excluding carboxylic acids is 3. The van der Waals surface area contributed by atoms with E-state index in [9.17, 15) is 36.0 Å². The van der Waals surface area contributed by atoms with Crippen molar-refractivity contribution in [2.75, 3.05) is 32.0 Å². The SMILES string of the molecule is CN1CCc2nc(C(=O)N[C@@H]3CN(S(=O)(=O)C(F)(F)F)CC[C@@H]3NC(=O)C(=O)Nc3ccc(Cl)cn3)sc2C1.Cl. The molecule has 1 fully saturated rings. The Hall–Kier alpha value is -2.57. The number of alkyl halides is 3. The van der Waals surface area contributed by atoms with Gasteiger partial charge in [0.1, 0.15) is 5.82 Å². The number of sulfonamides is 1. The number of aromatic nitrogens is 2. The molecule has 0 bridgehead atoms. The molecule has 0 unspecified atom stereocenters. The second-order valence-electron chi connectivity index (χ2n) is 8.95. The Morgan fingerprint density at radius 3 is 2.50 bits per heavy atom. The summed E-state index contributed by atoms with van der Waals surface area (Å²) >= 11 is 6.86. The number of nitrogens with zero attached hydrogens (tertiary/aromatic N) is 4. The van der Waals surface area contributed by atoms with Gasteiger partial charge in [-0.15, -0.1) is 23.7 Å². The van der Waals surface area contributed by atoms with Crippen molar-refractivity contribution in [1.82, 2.24) is 29.8 Å². The number of rotatable bonds is 5. The van der Waals surface area contributed by atoms with Crippen molar-refractivity contribution in [3.63, 3.8) is 0 Å². The monoisotopic (exact) mass is 645 g/mol. The Kier molecular flexibility index (Phi) is 10.0. The number of anilines is 1. The van der Waals surface area contributed by atoms with Crippen LogP contribution in [-0.2, 0) is 32.6 Å². The van der Waals surface area contributed by atoms with E-state index in [4.69, 9.17) is 11.6 Å². The minimum atomic E-state index is -5.70. The second-order valence-corrected chi connectivity index (χ2v) is 12.4. The van der Waals surface area contributed by atoms with Gasteiger partial charge in [-0.25, -0.2) is 18.4 Å². The minimum Gasteiger partial charge on any atom is -0.344 e. The molecule has 220 valence electrons. The van der Waals surface area contributed by atoms with E-state index in [0.717, 1.165) is 28.5 Å². The van der Waals surface area contributed by atoms with E-state index in [1.54, 1.807) is 0 Å². The van der Waals surface area contributed by atoms with Crippen molar-refractivity contribution in [3.8, 4) is 0 Å². The van der Waals surface area contributed by atoms with E-state index in [2.05, 4.69) is 25.9 Å². The fourth-order valence-electron chi connectivity index (χ4n) is 4.11. The zero-order chi connectivity index (χ0) is 28.5. The first-order chi connectivity index (χ1) is 18.2. The van der Waals surface area contributed by atoms with E-state index in [1.807, 2.05) is 11.9 Å². The molecule has 4 rings (SSSR count). The molecule has 0 radical (unpaired) electrons. The summed E-state index contributed by atoms with van der Waals surface area (Å²) in [5.41, 5.74) is -4.81. The van der Waals surface area contributed by atoms with Gasteiger partial charge in [-0.2, -0.15) is 17.5 Å². The molecular formula is C21H24Cl2F3N7O5S2. The van der Waals surface area contributed by atoms with E-state index in [0.29, 0.717) is 18.0 Å². The molecule has 2 aliphatic rings. The Morgan fingerprint density at radius 1 is 1.12 bits per heavy atom. The van der Waals surface area contributed by atoms with Crippen LogP contribution in [0.1, 0.15) is 26.8 Å². The van der Waals surface area contributed by atoms with Crippen molar-refractivity contribution < 1.29 is 36.0 Å². The first kappa shape index (κ1) is 32.0. The van der Waals surface area contributed by atoms with Crippen molar-refractivity contribution >= 4 is 68.9 Å². The average Bonchev–Trinajstić information content (AvgIpc) is 3.29. The summed E-state index contributed by atoms with van der Waals surface area (Å²) in [6, 6.07) is 0.421. The fraction of sp³-hybridized carbons (Fsp3) is 0.476. The number of pyridine rings is 1. The number of piperidine rings is 1. The van der Waals surface area contributed by atoms with Crippen molar-refractivity contribution in [2.24, 2.45) is 0 Å². The number of hydrogen-bond acceptors (Lipinski definition) is 9. The van der Waals surface area contributed by atoms with Crippen LogP contribution in [0.4, 0.5) is 19.0 Å². The van der Waals surface area contributed by atoms with Crippen LogP contribution in [0.25, 0.3) is 0 Å². The highest BCUT2D eigenvalue weighted by molar-refractivity contribution is 7.90. The standard InChI is InChI=1S/C21H23ClF3N7O5S2.ClH/c1-31-6-4-13-15(10-31)38-20(29-13)19(35)28-14-9-32(39(36,37)21(23,24)25)7-5-12(14)27-17(33)18(34)30-16-3-2-11(22)8-26-16;/h2-3,8,12,14H,4-7,9-10H2,1H3,(H,27,33)(H,28,35)(H,26,30,34);1H/t12-,14+;/m0./s1. The van der Waals surface area contributed by atoms with Crippen LogP contribution in [0.5, 0.6) is 0 Å². The van der Waals surface area contributed by atoms with E-state index in [-0.39, 0.29) is 34.0 Å². The zero-order valence-corrected chi connectivity index (χ0v) is 23.9. The predicted molar refractivity (Wildman–Crippen MR) is 142 cm³/mol. The van der Waals surface area contributed by atoms with Gasteiger partial charge in [-0.05, 0) is 25.6 Å². The third-order valence-electron chi connectivity index (χ3n) is 6.13. The van der Waals surface area contributed by atoms with Crippen LogP contribution in [0.15, 0.2) is 18.3 Å². The van der Waals surface area contributed by atoms with Gasteiger partial charge in [0.25, 0.3) is 5.91 Å². The number of thiazole rings is 1. The van der Waals surface area contributed by atoms with Crippen LogP contribution in [-0.4, -0.2) is 89.6 Å². The number of carbonyl (C=O) groups is 3. The van der Waals surface area contributed by atoms with Gasteiger partial charge in [-0.3, -0.25) is 14.4 Å². The summed E-state index contributed by atoms with van der Waals surface area (Å²) in [5.74, 6) is -3.00. The molecule has 3 N–H and O–H groups in total. The highest BCUT2D eigenvalue weighted by Gasteiger charge is 2.52. The maximum absolute atomic E-state index is 13.2. The maximum atomic E-state index is 13.2. The maximum Gasteiger partial charge on any atom is 0.511 e. The molecule has 40 heavy (non-hydrogen) atoms. The third-order valence-corrected chi connectivity index (χ3v) is 9.03. The lowest BCUT2D eigenvalue weighted by Crippen LogP contribution is -2.63. The zero-order valence-electron chi connectivity index (χ0n) is 20.7. The number of nitrogens with one attached hydrogen (secondary N) is 3. The molecule has 0 aromatic carbocycles. The number of fused-ring (bicyclic) bond motifs is 1. The van der Waals surface area contributed by atoms with Crippen molar-refractivity contribution in [2.45, 2.75) is 37.0 Å². The summed E-state index contributed by atoms with van der Waals surface area (Å²) in [4.78, 5) is 49.0. The van der Waals surface area contributed by atoms with Crippen molar-refractivity contribution in [1.29, 1.82) is 0 Å². The predicted octanol–water partition coefficient (Wildman–Crippen LogP) is 1.38. The largest absolute Gasteiger partial charge is 0.511 e. The average molecular weight is 647 g/mol. The molecule has 0 saturated carbocycles.